The number of nitrogens with zero attached hydrogens (tertiary/aromatic N) is 3. The van der Waals surface area contributed by atoms with Crippen molar-refractivity contribution < 1.29 is 4.79 Å². The molecule has 2 rings (SSSR count). The van der Waals surface area contributed by atoms with Crippen LogP contribution in [-0.4, -0.2) is 40.0 Å². The van der Waals surface area contributed by atoms with Gasteiger partial charge in [-0.15, -0.1) is 5.10 Å². The van der Waals surface area contributed by atoms with Gasteiger partial charge >= 0.3 is 0 Å². The summed E-state index contributed by atoms with van der Waals surface area (Å²) in [7, 11) is 0. The van der Waals surface area contributed by atoms with Gasteiger partial charge in [0, 0.05) is 13.1 Å². The van der Waals surface area contributed by atoms with Gasteiger partial charge in [-0.25, -0.2) is 0 Å². The Morgan fingerprint density at radius 1 is 1.69 bits per heavy atom. The maximum atomic E-state index is 12.2. The standard InChI is InChI=1S/C10H16N4OS/c1-2-8-9(16-13-12-8)10(15)14-4-3-7(5-11)6-14/h7H,2-6,11H2,1H3. The number of aromatic nitrogens is 2. The summed E-state index contributed by atoms with van der Waals surface area (Å²) in [6, 6.07) is 0. The van der Waals surface area contributed by atoms with Crippen LogP contribution in [0.5, 0.6) is 0 Å². The molecule has 0 aliphatic carbocycles. The fourth-order valence-electron chi connectivity index (χ4n) is 1.96. The molecule has 1 aromatic heterocycles. The molecule has 1 aliphatic rings. The summed E-state index contributed by atoms with van der Waals surface area (Å²) >= 11 is 1.19. The highest BCUT2D eigenvalue weighted by Gasteiger charge is 2.28. The van der Waals surface area contributed by atoms with E-state index in [0.29, 0.717) is 17.3 Å². The minimum absolute atomic E-state index is 0.0720. The van der Waals surface area contributed by atoms with E-state index in [0.717, 1.165) is 31.6 Å². The molecule has 0 aromatic carbocycles. The van der Waals surface area contributed by atoms with Crippen molar-refractivity contribution in [2.24, 2.45) is 11.7 Å². The minimum atomic E-state index is 0.0720. The first-order valence-electron chi connectivity index (χ1n) is 5.56. The third-order valence-electron chi connectivity index (χ3n) is 2.99. The highest BCUT2D eigenvalue weighted by Crippen LogP contribution is 2.20. The van der Waals surface area contributed by atoms with E-state index < -0.39 is 0 Å². The van der Waals surface area contributed by atoms with Crippen molar-refractivity contribution in [3.63, 3.8) is 0 Å². The zero-order valence-electron chi connectivity index (χ0n) is 9.35. The quantitative estimate of drug-likeness (QED) is 0.836. The molecule has 0 bridgehead atoms. The number of nitrogens with two attached hydrogens (primary N) is 1. The van der Waals surface area contributed by atoms with Crippen molar-refractivity contribution in [2.45, 2.75) is 19.8 Å². The van der Waals surface area contributed by atoms with Crippen LogP contribution >= 0.6 is 11.5 Å². The Bertz CT molecular complexity index is 379. The topological polar surface area (TPSA) is 72.1 Å². The van der Waals surface area contributed by atoms with Crippen molar-refractivity contribution >= 4 is 17.4 Å². The first-order valence-corrected chi connectivity index (χ1v) is 6.34. The van der Waals surface area contributed by atoms with Gasteiger partial charge in [-0.1, -0.05) is 11.4 Å². The van der Waals surface area contributed by atoms with Crippen molar-refractivity contribution in [3.8, 4) is 0 Å². The Kier molecular flexibility index (Phi) is 3.50. The number of likely N-dealkylation sites (tertiary alicyclic amines) is 1. The SMILES string of the molecule is CCc1nnsc1C(=O)N1CCC(CN)C1. The highest BCUT2D eigenvalue weighted by atomic mass is 32.1. The summed E-state index contributed by atoms with van der Waals surface area (Å²) in [5.74, 6) is 0.526. The molecular weight excluding hydrogens is 224 g/mol. The summed E-state index contributed by atoms with van der Waals surface area (Å²) < 4.78 is 3.84. The van der Waals surface area contributed by atoms with Gasteiger partial charge in [-0.3, -0.25) is 4.79 Å². The second-order valence-corrected chi connectivity index (χ2v) is 4.80. The smallest absolute Gasteiger partial charge is 0.267 e. The van der Waals surface area contributed by atoms with Crippen LogP contribution < -0.4 is 5.73 Å². The van der Waals surface area contributed by atoms with Crippen LogP contribution in [-0.2, 0) is 6.42 Å². The molecule has 1 aromatic rings. The van der Waals surface area contributed by atoms with Crippen LogP contribution in [0.25, 0.3) is 0 Å². The van der Waals surface area contributed by atoms with Crippen molar-refractivity contribution in [1.29, 1.82) is 0 Å². The fourth-order valence-corrected chi connectivity index (χ4v) is 2.67. The van der Waals surface area contributed by atoms with E-state index in [-0.39, 0.29) is 5.91 Å². The van der Waals surface area contributed by atoms with E-state index in [2.05, 4.69) is 9.59 Å². The van der Waals surface area contributed by atoms with E-state index in [1.165, 1.54) is 11.5 Å². The Morgan fingerprint density at radius 3 is 3.12 bits per heavy atom. The molecule has 1 fully saturated rings. The summed E-state index contributed by atoms with van der Waals surface area (Å²) in [5, 5.41) is 3.96. The Labute approximate surface area is 98.8 Å². The van der Waals surface area contributed by atoms with Crippen molar-refractivity contribution in [3.05, 3.63) is 10.6 Å². The Morgan fingerprint density at radius 2 is 2.50 bits per heavy atom. The molecule has 0 saturated carbocycles. The number of carbonyl (C=O) groups is 1. The Balaban J connectivity index is 2.08. The highest BCUT2D eigenvalue weighted by molar-refractivity contribution is 7.08. The van der Waals surface area contributed by atoms with Gasteiger partial charge in [0.25, 0.3) is 5.91 Å². The van der Waals surface area contributed by atoms with Crippen LogP contribution in [0.1, 0.15) is 28.7 Å². The lowest BCUT2D eigenvalue weighted by atomic mass is 10.1. The van der Waals surface area contributed by atoms with Crippen LogP contribution in [0.3, 0.4) is 0 Å². The largest absolute Gasteiger partial charge is 0.338 e. The summed E-state index contributed by atoms with van der Waals surface area (Å²) in [5.41, 5.74) is 6.42. The van der Waals surface area contributed by atoms with Crippen LogP contribution in [0.4, 0.5) is 0 Å². The van der Waals surface area contributed by atoms with E-state index in [9.17, 15) is 4.79 Å². The third kappa shape index (κ3) is 2.08. The molecule has 2 N–H and O–H groups in total. The monoisotopic (exact) mass is 240 g/mol. The van der Waals surface area contributed by atoms with Crippen molar-refractivity contribution in [2.75, 3.05) is 19.6 Å². The molecular formula is C10H16N4OS. The summed E-state index contributed by atoms with van der Waals surface area (Å²) in [6.45, 7) is 4.23. The molecule has 0 radical (unpaired) electrons. The molecule has 88 valence electrons. The Hall–Kier alpha value is -1.01. The summed E-state index contributed by atoms with van der Waals surface area (Å²) in [6.07, 6.45) is 1.77. The maximum absolute atomic E-state index is 12.2. The third-order valence-corrected chi connectivity index (χ3v) is 3.75. The van der Waals surface area contributed by atoms with Crippen molar-refractivity contribution in [1.82, 2.24) is 14.5 Å². The number of aryl methyl sites for hydroxylation is 1. The molecule has 5 nitrogen and oxygen atoms in total. The number of carbonyl (C=O) groups excluding carboxylic acids is 1. The molecule has 6 heteroatoms. The maximum Gasteiger partial charge on any atom is 0.267 e. The lowest BCUT2D eigenvalue weighted by molar-refractivity contribution is 0.0791. The predicted molar refractivity (Wildman–Crippen MR) is 62.4 cm³/mol. The van der Waals surface area contributed by atoms with Gasteiger partial charge < -0.3 is 10.6 Å². The molecule has 1 unspecified atom stereocenters. The predicted octanol–water partition coefficient (Wildman–Crippen LogP) is 0.521. The van der Waals surface area contributed by atoms with E-state index in [4.69, 9.17) is 5.73 Å². The lowest BCUT2D eigenvalue weighted by Crippen LogP contribution is -2.29. The van der Waals surface area contributed by atoms with E-state index >= 15 is 0 Å². The fraction of sp³-hybridized carbons (Fsp3) is 0.700. The second-order valence-electron chi connectivity index (χ2n) is 4.04. The van der Waals surface area contributed by atoms with Gasteiger partial charge in [0.15, 0.2) is 0 Å². The zero-order valence-corrected chi connectivity index (χ0v) is 10.2. The number of hydrogen-bond donors (Lipinski definition) is 1. The van der Waals surface area contributed by atoms with Crippen LogP contribution in [0.2, 0.25) is 0 Å². The molecule has 1 saturated heterocycles. The molecule has 0 spiro atoms. The first kappa shape index (κ1) is 11.5. The zero-order chi connectivity index (χ0) is 11.5. The second kappa shape index (κ2) is 4.88. The lowest BCUT2D eigenvalue weighted by Gasteiger charge is -2.15. The molecule has 2 heterocycles. The van der Waals surface area contributed by atoms with Gasteiger partial charge in [0.2, 0.25) is 0 Å². The van der Waals surface area contributed by atoms with Gasteiger partial charge in [-0.05, 0) is 36.8 Å². The van der Waals surface area contributed by atoms with Gasteiger partial charge in [0.1, 0.15) is 4.88 Å². The minimum Gasteiger partial charge on any atom is -0.338 e. The number of hydrogen-bond acceptors (Lipinski definition) is 5. The van der Waals surface area contributed by atoms with E-state index in [1.807, 2.05) is 11.8 Å². The van der Waals surface area contributed by atoms with Crippen LogP contribution in [0.15, 0.2) is 0 Å². The average Bonchev–Trinajstić information content (AvgIpc) is 2.96. The van der Waals surface area contributed by atoms with Gasteiger partial charge in [0.05, 0.1) is 5.69 Å². The van der Waals surface area contributed by atoms with Gasteiger partial charge in [-0.2, -0.15) is 0 Å². The average molecular weight is 240 g/mol. The first-order chi connectivity index (χ1) is 7.76. The normalized spacial score (nSPS) is 20.4. The molecule has 1 amide bonds. The van der Waals surface area contributed by atoms with Crippen LogP contribution in [0, 0.1) is 5.92 Å². The molecule has 16 heavy (non-hydrogen) atoms. The summed E-state index contributed by atoms with van der Waals surface area (Å²) in [4.78, 5) is 14.7. The number of rotatable bonds is 3. The molecule has 1 aliphatic heterocycles. The van der Waals surface area contributed by atoms with E-state index in [1.54, 1.807) is 0 Å². The molecule has 1 atom stereocenters. The number of amides is 1.